The summed E-state index contributed by atoms with van der Waals surface area (Å²) in [7, 11) is 0. The molecule has 0 spiro atoms. The highest BCUT2D eigenvalue weighted by Crippen LogP contribution is 2.23. The Balaban J connectivity index is 2.44. The van der Waals surface area contributed by atoms with Gasteiger partial charge in [-0.25, -0.2) is 0 Å². The number of hydrogen-bond donors (Lipinski definition) is 0. The molecule has 0 saturated heterocycles. The number of rotatable bonds is 1. The van der Waals surface area contributed by atoms with Crippen LogP contribution in [0.2, 0.25) is 0 Å². The largest absolute Gasteiger partial charge is 0.408 e. The van der Waals surface area contributed by atoms with Crippen molar-refractivity contribution in [2.24, 2.45) is 0 Å². The summed E-state index contributed by atoms with van der Waals surface area (Å²) in [5, 5.41) is 4.38. The quantitative estimate of drug-likeness (QED) is 0.804. The third kappa shape index (κ3) is 2.28. The Morgan fingerprint density at radius 3 is 2.67 bits per heavy atom. The molecule has 3 nitrogen and oxygen atoms in total. The molecule has 0 N–H and O–H groups in total. The molecule has 2 aromatic rings. The fourth-order valence-corrected chi connectivity index (χ4v) is 1.65. The molecule has 2 heterocycles. The molecular formula is C8H5BrF3N3. The average molecular weight is 280 g/mol. The van der Waals surface area contributed by atoms with Crippen LogP contribution in [0.5, 0.6) is 0 Å². The highest BCUT2D eigenvalue weighted by atomic mass is 79.9. The van der Waals surface area contributed by atoms with Crippen LogP contribution < -0.4 is 0 Å². The summed E-state index contributed by atoms with van der Waals surface area (Å²) < 4.78 is 37.7. The van der Waals surface area contributed by atoms with Crippen molar-refractivity contribution in [3.8, 4) is 0 Å². The number of alkyl halides is 3. The van der Waals surface area contributed by atoms with E-state index in [1.165, 1.54) is 18.6 Å². The van der Waals surface area contributed by atoms with Crippen LogP contribution in [0.1, 0.15) is 0 Å². The first-order valence-corrected chi connectivity index (χ1v) is 4.78. The van der Waals surface area contributed by atoms with Crippen molar-refractivity contribution in [3.05, 3.63) is 23.1 Å². The summed E-state index contributed by atoms with van der Waals surface area (Å²) in [6.45, 7) is -1.09. The van der Waals surface area contributed by atoms with Crippen LogP contribution in [-0.2, 0) is 6.54 Å². The molecule has 0 unspecified atom stereocenters. The van der Waals surface area contributed by atoms with Crippen molar-refractivity contribution in [1.82, 2.24) is 14.8 Å². The van der Waals surface area contributed by atoms with Crippen molar-refractivity contribution in [3.63, 3.8) is 0 Å². The van der Waals surface area contributed by atoms with Crippen LogP contribution in [0, 0.1) is 0 Å². The fourth-order valence-electron chi connectivity index (χ4n) is 1.23. The summed E-state index contributed by atoms with van der Waals surface area (Å²) in [5.41, 5.74) is 0.481. The van der Waals surface area contributed by atoms with Gasteiger partial charge in [-0.15, -0.1) is 0 Å². The van der Waals surface area contributed by atoms with E-state index >= 15 is 0 Å². The lowest BCUT2D eigenvalue weighted by Gasteiger charge is -2.04. The van der Waals surface area contributed by atoms with Gasteiger partial charge < -0.3 is 0 Å². The molecule has 2 rings (SSSR count). The maximum absolute atomic E-state index is 12.1. The van der Waals surface area contributed by atoms with Crippen molar-refractivity contribution in [2.75, 3.05) is 0 Å². The summed E-state index contributed by atoms with van der Waals surface area (Å²) >= 11 is 3.17. The molecule has 0 aliphatic heterocycles. The first-order valence-electron chi connectivity index (χ1n) is 3.99. The molecule has 0 aliphatic rings. The lowest BCUT2D eigenvalue weighted by atomic mass is 10.3. The second-order valence-corrected chi connectivity index (χ2v) is 3.86. The second kappa shape index (κ2) is 3.48. The fraction of sp³-hybridized carbons (Fsp3) is 0.250. The zero-order valence-electron chi connectivity index (χ0n) is 7.29. The van der Waals surface area contributed by atoms with E-state index in [0.29, 0.717) is 15.4 Å². The molecular weight excluding hydrogens is 275 g/mol. The van der Waals surface area contributed by atoms with Gasteiger partial charge in [0.2, 0.25) is 0 Å². The van der Waals surface area contributed by atoms with Gasteiger partial charge in [-0.2, -0.15) is 18.3 Å². The summed E-state index contributed by atoms with van der Waals surface area (Å²) in [5.74, 6) is 0. The monoisotopic (exact) mass is 279 g/mol. The molecule has 0 aliphatic carbocycles. The van der Waals surface area contributed by atoms with Crippen LogP contribution in [0.4, 0.5) is 13.2 Å². The van der Waals surface area contributed by atoms with Crippen LogP contribution in [0.15, 0.2) is 23.1 Å². The van der Waals surface area contributed by atoms with E-state index in [0.717, 1.165) is 4.68 Å². The van der Waals surface area contributed by atoms with Gasteiger partial charge in [0.1, 0.15) is 12.1 Å². The maximum atomic E-state index is 12.1. The molecule has 7 heteroatoms. The van der Waals surface area contributed by atoms with Crippen LogP contribution in [0.25, 0.3) is 10.9 Å². The maximum Gasteiger partial charge on any atom is 0.408 e. The molecule has 15 heavy (non-hydrogen) atoms. The van der Waals surface area contributed by atoms with Crippen molar-refractivity contribution in [2.45, 2.75) is 12.7 Å². The summed E-state index contributed by atoms with van der Waals surface area (Å²) in [6, 6.07) is 0. The Bertz CT molecular complexity index is 491. The second-order valence-electron chi connectivity index (χ2n) is 3.00. The Morgan fingerprint density at radius 2 is 2.07 bits per heavy atom. The van der Waals surface area contributed by atoms with Crippen molar-refractivity contribution in [1.29, 1.82) is 0 Å². The van der Waals surface area contributed by atoms with Gasteiger partial charge in [0.25, 0.3) is 0 Å². The average Bonchev–Trinajstić information content (AvgIpc) is 2.45. The normalized spacial score (nSPS) is 12.3. The van der Waals surface area contributed by atoms with Crippen LogP contribution >= 0.6 is 15.9 Å². The standard InChI is InChI=1S/C8H5BrF3N3/c9-6-2-13-1-5-3-15(14-7(5)6)4-8(10,11)12/h1-3H,4H2. The highest BCUT2D eigenvalue weighted by molar-refractivity contribution is 9.10. The number of fused-ring (bicyclic) bond motifs is 1. The van der Waals surface area contributed by atoms with Crippen molar-refractivity contribution < 1.29 is 13.2 Å². The van der Waals surface area contributed by atoms with Crippen LogP contribution in [0.3, 0.4) is 0 Å². The van der Waals surface area contributed by atoms with Crippen molar-refractivity contribution >= 4 is 26.8 Å². The van der Waals surface area contributed by atoms with E-state index in [4.69, 9.17) is 0 Å². The molecule has 0 bridgehead atoms. The number of nitrogens with zero attached hydrogens (tertiary/aromatic N) is 3. The Hall–Kier alpha value is -1.11. The Kier molecular flexibility index (Phi) is 2.41. The van der Waals surface area contributed by atoms with E-state index in [9.17, 15) is 13.2 Å². The first-order chi connectivity index (χ1) is 6.96. The first kappa shape index (κ1) is 10.4. The van der Waals surface area contributed by atoms with E-state index in [1.807, 2.05) is 0 Å². The Labute approximate surface area is 91.0 Å². The lowest BCUT2D eigenvalue weighted by molar-refractivity contribution is -0.142. The predicted octanol–water partition coefficient (Wildman–Crippen LogP) is 2.76. The third-order valence-corrected chi connectivity index (χ3v) is 2.34. The van der Waals surface area contributed by atoms with Gasteiger partial charge in [-0.3, -0.25) is 9.67 Å². The van der Waals surface area contributed by atoms with E-state index in [1.54, 1.807) is 0 Å². The van der Waals surface area contributed by atoms with Crippen LogP contribution in [-0.4, -0.2) is 20.9 Å². The minimum atomic E-state index is -4.26. The SMILES string of the molecule is FC(F)(F)Cn1cc2cncc(Br)c2n1. The minimum Gasteiger partial charge on any atom is -0.263 e. The van der Waals surface area contributed by atoms with E-state index < -0.39 is 12.7 Å². The molecule has 0 saturated carbocycles. The third-order valence-electron chi connectivity index (χ3n) is 1.76. The zero-order chi connectivity index (χ0) is 11.1. The van der Waals surface area contributed by atoms with Gasteiger partial charge in [0, 0.05) is 24.0 Å². The van der Waals surface area contributed by atoms with Gasteiger partial charge in [-0.05, 0) is 15.9 Å². The molecule has 0 aromatic carbocycles. The topological polar surface area (TPSA) is 30.7 Å². The molecule has 2 aromatic heterocycles. The van der Waals surface area contributed by atoms with Gasteiger partial charge in [0.05, 0.1) is 4.47 Å². The molecule has 0 amide bonds. The zero-order valence-corrected chi connectivity index (χ0v) is 8.88. The van der Waals surface area contributed by atoms with E-state index in [2.05, 4.69) is 26.0 Å². The predicted molar refractivity (Wildman–Crippen MR) is 51.3 cm³/mol. The number of halogens is 4. The lowest BCUT2D eigenvalue weighted by Crippen LogP contribution is -2.17. The number of hydrogen-bond acceptors (Lipinski definition) is 2. The van der Waals surface area contributed by atoms with Gasteiger partial charge >= 0.3 is 6.18 Å². The van der Waals surface area contributed by atoms with Gasteiger partial charge in [-0.1, -0.05) is 0 Å². The number of pyridine rings is 1. The van der Waals surface area contributed by atoms with E-state index in [-0.39, 0.29) is 0 Å². The minimum absolute atomic E-state index is 0.481. The molecule has 0 radical (unpaired) electrons. The summed E-state index contributed by atoms with van der Waals surface area (Å²) in [4.78, 5) is 3.84. The smallest absolute Gasteiger partial charge is 0.263 e. The summed E-state index contributed by atoms with van der Waals surface area (Å²) in [6.07, 6.45) is 0.0236. The molecule has 0 fully saturated rings. The highest BCUT2D eigenvalue weighted by Gasteiger charge is 2.28. The van der Waals surface area contributed by atoms with Gasteiger partial charge in [0.15, 0.2) is 0 Å². The molecule has 80 valence electrons. The Morgan fingerprint density at radius 1 is 1.33 bits per heavy atom. The number of aromatic nitrogens is 3. The molecule has 0 atom stereocenters.